The largest absolute Gasteiger partial charge is 0.407 e. The summed E-state index contributed by atoms with van der Waals surface area (Å²) in [5.74, 6) is 0. The average Bonchev–Trinajstić information content (AvgIpc) is 2.29. The molecule has 16 heavy (non-hydrogen) atoms. The van der Waals surface area contributed by atoms with Gasteiger partial charge in [0.2, 0.25) is 0 Å². The van der Waals surface area contributed by atoms with E-state index in [-0.39, 0.29) is 0 Å². The number of rotatable bonds is 4. The van der Waals surface area contributed by atoms with E-state index in [4.69, 9.17) is 13.8 Å². The van der Waals surface area contributed by atoms with Crippen molar-refractivity contribution in [2.75, 3.05) is 39.5 Å². The number of morpholine rings is 1. The summed E-state index contributed by atoms with van der Waals surface area (Å²) in [4.78, 5) is 1.87. The zero-order valence-corrected chi connectivity index (χ0v) is 10.7. The van der Waals surface area contributed by atoms with Crippen LogP contribution in [0.25, 0.3) is 0 Å². The minimum atomic E-state index is -3.23. The molecule has 1 rings (SSSR count). The highest BCUT2D eigenvalue weighted by atomic mass is 31.2. The van der Waals surface area contributed by atoms with Crippen LogP contribution in [0.5, 0.6) is 0 Å². The molecular weight excluding hydrogens is 229 g/mol. The van der Waals surface area contributed by atoms with E-state index in [1.165, 1.54) is 0 Å². The first-order valence-electron chi connectivity index (χ1n) is 5.45. The van der Waals surface area contributed by atoms with Crippen LogP contribution in [-0.2, 0) is 18.3 Å². The van der Waals surface area contributed by atoms with Gasteiger partial charge in [-0.25, -0.2) is 4.57 Å². The molecule has 0 aromatic rings. The third kappa shape index (κ3) is 4.54. The highest BCUT2D eigenvalue weighted by molar-refractivity contribution is 7.59. The van der Waals surface area contributed by atoms with Crippen LogP contribution in [0, 0.1) is 11.7 Å². The molecular formula is C10H18NO4P. The van der Waals surface area contributed by atoms with Crippen molar-refractivity contribution >= 4 is 7.60 Å². The fourth-order valence-electron chi connectivity index (χ4n) is 1.25. The topological polar surface area (TPSA) is 48.0 Å². The van der Waals surface area contributed by atoms with Gasteiger partial charge in [0.1, 0.15) is 0 Å². The first-order valence-corrected chi connectivity index (χ1v) is 6.99. The van der Waals surface area contributed by atoms with E-state index in [2.05, 4.69) is 11.7 Å². The van der Waals surface area contributed by atoms with E-state index in [9.17, 15) is 4.57 Å². The molecule has 1 heterocycles. The molecule has 92 valence electrons. The molecule has 1 fully saturated rings. The van der Waals surface area contributed by atoms with Gasteiger partial charge in [-0.1, -0.05) is 0 Å². The Morgan fingerprint density at radius 1 is 1.25 bits per heavy atom. The van der Waals surface area contributed by atoms with Crippen molar-refractivity contribution in [3.8, 4) is 11.7 Å². The lowest BCUT2D eigenvalue weighted by Gasteiger charge is -2.22. The van der Waals surface area contributed by atoms with Crippen LogP contribution in [0.4, 0.5) is 0 Å². The van der Waals surface area contributed by atoms with E-state index in [0.29, 0.717) is 26.4 Å². The van der Waals surface area contributed by atoms with Gasteiger partial charge in [0.25, 0.3) is 0 Å². The lowest BCUT2D eigenvalue weighted by molar-refractivity contribution is 0.0638. The smallest absolute Gasteiger partial charge is 0.378 e. The normalized spacial score (nSPS) is 16.8. The molecule has 0 saturated carbocycles. The van der Waals surface area contributed by atoms with Gasteiger partial charge in [-0.15, -0.1) is 0 Å². The van der Waals surface area contributed by atoms with E-state index >= 15 is 0 Å². The zero-order chi connectivity index (χ0) is 11.9. The summed E-state index contributed by atoms with van der Waals surface area (Å²) < 4.78 is 27.3. The van der Waals surface area contributed by atoms with Crippen molar-refractivity contribution in [3.05, 3.63) is 0 Å². The summed E-state index contributed by atoms with van der Waals surface area (Å²) in [6.07, 6.45) is 0. The van der Waals surface area contributed by atoms with Gasteiger partial charge in [-0.3, -0.25) is 9.05 Å². The number of hydrogen-bond donors (Lipinski definition) is 0. The van der Waals surface area contributed by atoms with Crippen LogP contribution >= 0.6 is 7.60 Å². The molecule has 0 aliphatic carbocycles. The molecule has 1 saturated heterocycles. The maximum atomic E-state index is 12.0. The molecule has 0 atom stereocenters. The molecule has 0 aromatic carbocycles. The van der Waals surface area contributed by atoms with Crippen molar-refractivity contribution in [2.24, 2.45) is 0 Å². The molecule has 0 amide bonds. The second-order valence-electron chi connectivity index (χ2n) is 3.16. The van der Waals surface area contributed by atoms with Crippen molar-refractivity contribution in [3.63, 3.8) is 0 Å². The van der Waals surface area contributed by atoms with Gasteiger partial charge in [0.15, 0.2) is 0 Å². The first-order chi connectivity index (χ1) is 7.70. The van der Waals surface area contributed by atoms with Crippen LogP contribution in [0.2, 0.25) is 0 Å². The van der Waals surface area contributed by atoms with Crippen molar-refractivity contribution in [1.29, 1.82) is 0 Å². The molecule has 0 spiro atoms. The van der Waals surface area contributed by atoms with Gasteiger partial charge < -0.3 is 9.64 Å². The summed E-state index contributed by atoms with van der Waals surface area (Å²) in [6, 6.07) is 2.82. The first kappa shape index (κ1) is 13.5. The van der Waals surface area contributed by atoms with E-state index in [1.807, 2.05) is 4.90 Å². The minimum Gasteiger partial charge on any atom is -0.378 e. The predicted octanol–water partition coefficient (Wildman–Crippen LogP) is 1.50. The lowest BCUT2D eigenvalue weighted by atomic mass is 10.5. The summed E-state index contributed by atoms with van der Waals surface area (Å²) in [5.41, 5.74) is 2.60. The van der Waals surface area contributed by atoms with Gasteiger partial charge in [0.05, 0.1) is 26.4 Å². The van der Waals surface area contributed by atoms with Crippen molar-refractivity contribution in [1.82, 2.24) is 4.90 Å². The third-order valence-corrected chi connectivity index (χ3v) is 3.52. The van der Waals surface area contributed by atoms with E-state index < -0.39 is 7.60 Å². The predicted molar refractivity (Wildman–Crippen MR) is 61.0 cm³/mol. The van der Waals surface area contributed by atoms with Crippen molar-refractivity contribution in [2.45, 2.75) is 13.8 Å². The Morgan fingerprint density at radius 3 is 2.31 bits per heavy atom. The van der Waals surface area contributed by atoms with E-state index in [0.717, 1.165) is 13.1 Å². The molecule has 1 aliphatic rings. The molecule has 0 bridgehead atoms. The molecule has 5 nitrogen and oxygen atoms in total. The zero-order valence-electron chi connectivity index (χ0n) is 9.77. The van der Waals surface area contributed by atoms with Crippen LogP contribution < -0.4 is 0 Å². The van der Waals surface area contributed by atoms with Gasteiger partial charge in [0, 0.05) is 24.8 Å². The van der Waals surface area contributed by atoms with Gasteiger partial charge in [-0.2, -0.15) is 0 Å². The monoisotopic (exact) mass is 247 g/mol. The fourth-order valence-corrected chi connectivity index (χ4v) is 2.40. The molecule has 0 N–H and O–H groups in total. The summed E-state index contributed by atoms with van der Waals surface area (Å²) in [6.45, 7) is 6.95. The highest BCUT2D eigenvalue weighted by Gasteiger charge is 2.20. The third-order valence-electron chi connectivity index (χ3n) is 1.95. The van der Waals surface area contributed by atoms with Crippen LogP contribution in [0.1, 0.15) is 13.8 Å². The highest BCUT2D eigenvalue weighted by Crippen LogP contribution is 2.46. The number of ether oxygens (including phenoxy) is 1. The van der Waals surface area contributed by atoms with Crippen molar-refractivity contribution < 1.29 is 18.3 Å². The molecule has 1 aliphatic heterocycles. The molecule has 0 radical (unpaired) electrons. The quantitative estimate of drug-likeness (QED) is 0.556. The Hall–Kier alpha value is -0.530. The number of nitrogens with zero attached hydrogens (tertiary/aromatic N) is 1. The van der Waals surface area contributed by atoms with Gasteiger partial charge in [-0.05, 0) is 13.8 Å². The SMILES string of the molecule is CCOP(=O)(C#CN1CCOCC1)OCC. The Morgan fingerprint density at radius 2 is 1.81 bits per heavy atom. The summed E-state index contributed by atoms with van der Waals surface area (Å²) in [7, 11) is -3.23. The maximum absolute atomic E-state index is 12.0. The van der Waals surface area contributed by atoms with Gasteiger partial charge >= 0.3 is 7.60 Å². The maximum Gasteiger partial charge on any atom is 0.407 e. The van der Waals surface area contributed by atoms with E-state index in [1.54, 1.807) is 13.8 Å². The standard InChI is InChI=1S/C10H18NO4P/c1-3-14-16(12,15-4-2)10-7-11-5-8-13-9-6-11/h3-6,8-9H2,1-2H3. The minimum absolute atomic E-state index is 0.328. The Kier molecular flexibility index (Phi) is 5.86. The fraction of sp³-hybridized carbons (Fsp3) is 0.800. The van der Waals surface area contributed by atoms with Crippen LogP contribution in [0.15, 0.2) is 0 Å². The summed E-state index contributed by atoms with van der Waals surface area (Å²) in [5, 5.41) is 0. The summed E-state index contributed by atoms with van der Waals surface area (Å²) >= 11 is 0. The molecule has 6 heteroatoms. The molecule has 0 unspecified atom stereocenters. The number of hydrogen-bond acceptors (Lipinski definition) is 5. The van der Waals surface area contributed by atoms with Crippen LogP contribution in [-0.4, -0.2) is 44.4 Å². The Balaban J connectivity index is 2.58. The second kappa shape index (κ2) is 6.93. The average molecular weight is 247 g/mol. The second-order valence-corrected chi connectivity index (χ2v) is 4.89. The molecule has 0 aromatic heterocycles. The van der Waals surface area contributed by atoms with Crippen LogP contribution in [0.3, 0.4) is 0 Å². The lowest BCUT2D eigenvalue weighted by Crippen LogP contribution is -2.32. The Bertz CT molecular complexity index is 294. The Labute approximate surface area is 96.6 Å².